The van der Waals surface area contributed by atoms with Crippen LogP contribution < -0.4 is 4.90 Å². The van der Waals surface area contributed by atoms with Crippen molar-refractivity contribution in [3.63, 3.8) is 0 Å². The first-order chi connectivity index (χ1) is 32.0. The zero-order chi connectivity index (χ0) is 44.4. The summed E-state index contributed by atoms with van der Waals surface area (Å²) in [6, 6.07) is 59.6. The quantitative estimate of drug-likeness (QED) is 0.177. The molecule has 66 heavy (non-hydrogen) atoms. The van der Waals surface area contributed by atoms with Crippen molar-refractivity contribution in [3.8, 4) is 44.6 Å². The van der Waals surface area contributed by atoms with E-state index in [0.717, 1.165) is 61.4 Å². The minimum atomic E-state index is -0.315. The molecule has 3 aromatic heterocycles. The second kappa shape index (κ2) is 12.8. The molecule has 4 nitrogen and oxygen atoms in total. The number of aromatic nitrogens is 1. The summed E-state index contributed by atoms with van der Waals surface area (Å²) in [5.41, 5.74) is 23.8. The summed E-state index contributed by atoms with van der Waals surface area (Å²) < 4.78 is 13.7. The highest BCUT2D eigenvalue weighted by Crippen LogP contribution is 2.64. The van der Waals surface area contributed by atoms with Gasteiger partial charge in [-0.2, -0.15) is 0 Å². The van der Waals surface area contributed by atoms with E-state index in [1.54, 1.807) is 0 Å². The van der Waals surface area contributed by atoms with E-state index in [2.05, 4.69) is 204 Å². The normalized spacial score (nSPS) is 15.5. The molecule has 8 aromatic carbocycles. The Hall–Kier alpha value is -7.69. The molecular weight excluding hydrogens is 805 g/mol. The Morgan fingerprint density at radius 2 is 0.939 bits per heavy atom. The summed E-state index contributed by atoms with van der Waals surface area (Å²) >= 11 is 0. The summed E-state index contributed by atoms with van der Waals surface area (Å²) in [6.45, 7) is 14.4. The number of hydrogen-bond acceptors (Lipinski definition) is 4. The van der Waals surface area contributed by atoms with Crippen LogP contribution in [-0.4, -0.2) is 4.98 Å². The average Bonchev–Trinajstić information content (AvgIpc) is 4.09. The first-order valence-electron chi connectivity index (χ1n) is 23.2. The Bertz CT molecular complexity index is 3900. The van der Waals surface area contributed by atoms with Gasteiger partial charge in [0.2, 0.25) is 0 Å². The van der Waals surface area contributed by atoms with Crippen molar-refractivity contribution < 1.29 is 8.83 Å². The highest BCUT2D eigenvalue weighted by molar-refractivity contribution is 6.21. The Morgan fingerprint density at radius 1 is 0.394 bits per heavy atom. The fourth-order valence-corrected chi connectivity index (χ4v) is 12.6. The number of pyridine rings is 1. The summed E-state index contributed by atoms with van der Waals surface area (Å²) in [6.07, 6.45) is 1.87. The Morgan fingerprint density at radius 3 is 1.64 bits per heavy atom. The number of furan rings is 2. The van der Waals surface area contributed by atoms with Crippen LogP contribution in [0.5, 0.6) is 0 Å². The second-order valence-corrected chi connectivity index (χ2v) is 20.2. The molecule has 0 bridgehead atoms. The molecule has 0 aliphatic heterocycles. The van der Waals surface area contributed by atoms with Crippen LogP contribution >= 0.6 is 0 Å². The third-order valence-corrected chi connectivity index (χ3v) is 15.6. The molecule has 0 N–H and O–H groups in total. The van der Waals surface area contributed by atoms with Crippen molar-refractivity contribution in [3.05, 3.63) is 203 Å². The van der Waals surface area contributed by atoms with Crippen LogP contribution in [-0.2, 0) is 16.2 Å². The fraction of sp³-hybridized carbons (Fsp3) is 0.145. The monoisotopic (exact) mass is 850 g/mol. The third-order valence-electron chi connectivity index (χ3n) is 15.6. The van der Waals surface area contributed by atoms with Gasteiger partial charge < -0.3 is 13.7 Å². The van der Waals surface area contributed by atoms with Crippen molar-refractivity contribution in [2.75, 3.05) is 4.90 Å². The van der Waals surface area contributed by atoms with E-state index in [4.69, 9.17) is 13.8 Å². The van der Waals surface area contributed by atoms with Gasteiger partial charge in [0.05, 0.1) is 5.69 Å². The van der Waals surface area contributed by atoms with Crippen LogP contribution in [0.3, 0.4) is 0 Å². The third kappa shape index (κ3) is 4.71. The molecule has 0 spiro atoms. The predicted molar refractivity (Wildman–Crippen MR) is 272 cm³/mol. The molecule has 4 heteroatoms. The maximum absolute atomic E-state index is 6.96. The van der Waals surface area contributed by atoms with E-state index in [1.165, 1.54) is 77.5 Å². The molecular formula is C62H46N2O2. The van der Waals surface area contributed by atoms with E-state index in [1.807, 2.05) is 12.3 Å². The van der Waals surface area contributed by atoms with Crippen LogP contribution in [0.25, 0.3) is 88.5 Å². The predicted octanol–water partition coefficient (Wildman–Crippen LogP) is 16.9. The van der Waals surface area contributed by atoms with Crippen LogP contribution in [0.15, 0.2) is 179 Å². The maximum atomic E-state index is 6.96. The summed E-state index contributed by atoms with van der Waals surface area (Å²) in [4.78, 5) is 7.28. The SMILES string of the molecule is CC1(C)c2cc(N(c3ccccc3)c3ccc4c(c3)C(C)(C)c3c5c(c6oc7ccccc7c6c3-4)-c3ccccc3C5(C)C)ccc2-c2c1cc(-c1ccccn1)c1oc3ccccc3c21. The minimum absolute atomic E-state index is 0.219. The lowest BCUT2D eigenvalue weighted by atomic mass is 9.72. The molecule has 3 aliphatic rings. The van der Waals surface area contributed by atoms with Gasteiger partial charge in [-0.05, 0) is 128 Å². The lowest BCUT2D eigenvalue weighted by Gasteiger charge is -2.32. The summed E-state index contributed by atoms with van der Waals surface area (Å²) in [7, 11) is 0. The van der Waals surface area contributed by atoms with Crippen LogP contribution in [0.1, 0.15) is 74.9 Å². The van der Waals surface area contributed by atoms with Gasteiger partial charge in [-0.3, -0.25) is 4.98 Å². The molecule has 3 heterocycles. The number of hydrogen-bond donors (Lipinski definition) is 0. The van der Waals surface area contributed by atoms with Crippen LogP contribution in [0.4, 0.5) is 17.1 Å². The zero-order valence-electron chi connectivity index (χ0n) is 37.9. The fourth-order valence-electron chi connectivity index (χ4n) is 12.6. The largest absolute Gasteiger partial charge is 0.455 e. The van der Waals surface area contributed by atoms with Crippen molar-refractivity contribution in [2.24, 2.45) is 0 Å². The molecule has 316 valence electrons. The van der Waals surface area contributed by atoms with Crippen molar-refractivity contribution in [2.45, 2.75) is 57.8 Å². The van der Waals surface area contributed by atoms with Gasteiger partial charge in [-0.25, -0.2) is 0 Å². The van der Waals surface area contributed by atoms with E-state index in [-0.39, 0.29) is 16.2 Å². The first kappa shape index (κ1) is 37.7. The summed E-state index contributed by atoms with van der Waals surface area (Å²) in [5.74, 6) is 0. The van der Waals surface area contributed by atoms with Crippen molar-refractivity contribution in [1.29, 1.82) is 0 Å². The number of anilines is 3. The average molecular weight is 851 g/mol. The van der Waals surface area contributed by atoms with Gasteiger partial charge in [-0.1, -0.05) is 139 Å². The molecule has 11 aromatic rings. The van der Waals surface area contributed by atoms with E-state index in [0.29, 0.717) is 0 Å². The van der Waals surface area contributed by atoms with Gasteiger partial charge in [0.1, 0.15) is 22.3 Å². The van der Waals surface area contributed by atoms with Gasteiger partial charge >= 0.3 is 0 Å². The highest BCUT2D eigenvalue weighted by Gasteiger charge is 2.49. The molecule has 14 rings (SSSR count). The van der Waals surface area contributed by atoms with Gasteiger partial charge in [0.25, 0.3) is 0 Å². The van der Waals surface area contributed by atoms with E-state index >= 15 is 0 Å². The number of nitrogens with zero attached hydrogens (tertiary/aromatic N) is 2. The van der Waals surface area contributed by atoms with E-state index < -0.39 is 0 Å². The lowest BCUT2D eigenvalue weighted by Crippen LogP contribution is -2.24. The molecule has 0 radical (unpaired) electrons. The number of fused-ring (bicyclic) bond motifs is 19. The lowest BCUT2D eigenvalue weighted by molar-refractivity contribution is 0.600. The standard InChI is InChI=1S/C62H46N2O2/c1-60(2)45-32-36(27-29-39(45)51-47(60)34-43(48-24-16-17-31-63-48)58-53(51)41-21-11-14-25-49(41)65-58)64(35-18-8-7-9-19-35)37-28-30-40-46(33-37)62(5,6)56-52(40)54-42-22-12-15-26-50(42)66-59(54)55-38-20-10-13-23-44(38)61(3,4)57(55)56/h7-34H,1-6H3. The highest BCUT2D eigenvalue weighted by atomic mass is 16.3. The van der Waals surface area contributed by atoms with Crippen LogP contribution in [0, 0.1) is 0 Å². The van der Waals surface area contributed by atoms with E-state index in [9.17, 15) is 0 Å². The topological polar surface area (TPSA) is 42.4 Å². The van der Waals surface area contributed by atoms with Crippen molar-refractivity contribution >= 4 is 60.9 Å². The number of rotatable bonds is 4. The minimum Gasteiger partial charge on any atom is -0.455 e. The second-order valence-electron chi connectivity index (χ2n) is 20.2. The molecule has 0 saturated carbocycles. The molecule has 0 saturated heterocycles. The Balaban J connectivity index is 0.984. The number of para-hydroxylation sites is 3. The molecule has 0 atom stereocenters. The van der Waals surface area contributed by atoms with Gasteiger partial charge in [0.15, 0.2) is 0 Å². The molecule has 3 aliphatic carbocycles. The molecule has 0 amide bonds. The number of benzene rings is 8. The summed E-state index contributed by atoms with van der Waals surface area (Å²) in [5, 5.41) is 4.67. The smallest absolute Gasteiger partial charge is 0.145 e. The zero-order valence-corrected chi connectivity index (χ0v) is 37.9. The van der Waals surface area contributed by atoms with Crippen LogP contribution in [0.2, 0.25) is 0 Å². The Labute approximate surface area is 383 Å². The maximum Gasteiger partial charge on any atom is 0.145 e. The molecule has 0 unspecified atom stereocenters. The Kier molecular flexibility index (Phi) is 7.28. The van der Waals surface area contributed by atoms with Gasteiger partial charge in [0, 0.05) is 72.2 Å². The van der Waals surface area contributed by atoms with Gasteiger partial charge in [-0.15, -0.1) is 0 Å². The molecule has 0 fully saturated rings. The first-order valence-corrected chi connectivity index (χ1v) is 23.2. The van der Waals surface area contributed by atoms with Crippen molar-refractivity contribution in [1.82, 2.24) is 4.98 Å².